The number of hydrazine groups is 1. The Morgan fingerprint density at radius 2 is 1.93 bits per heavy atom. The van der Waals surface area contributed by atoms with Crippen LogP contribution in [0.4, 0.5) is 22.5 Å². The first kappa shape index (κ1) is 19.5. The molecule has 0 aliphatic heterocycles. The van der Waals surface area contributed by atoms with Gasteiger partial charge in [0, 0.05) is 4.88 Å². The summed E-state index contributed by atoms with van der Waals surface area (Å²) in [5, 5.41) is 15.1. The Hall–Kier alpha value is -3.31. The molecule has 0 saturated heterocycles. The third-order valence-electron chi connectivity index (χ3n) is 3.67. The van der Waals surface area contributed by atoms with Crippen molar-refractivity contribution in [2.24, 2.45) is 0 Å². The fraction of sp³-hybridized carbons (Fsp3) is 0.125. The van der Waals surface area contributed by atoms with Crippen molar-refractivity contribution in [3.05, 3.63) is 61.9 Å². The van der Waals surface area contributed by atoms with Crippen LogP contribution in [0.1, 0.15) is 20.9 Å². The van der Waals surface area contributed by atoms with Crippen molar-refractivity contribution < 1.29 is 9.72 Å². The lowest BCUT2D eigenvalue weighted by atomic mass is 10.2. The quantitative estimate of drug-likeness (QED) is 0.407. The van der Waals surface area contributed by atoms with Gasteiger partial charge in [0.15, 0.2) is 5.13 Å². The maximum absolute atomic E-state index is 12.2. The number of thiazole rings is 1. The van der Waals surface area contributed by atoms with Gasteiger partial charge < -0.3 is 5.32 Å². The third-order valence-corrected chi connectivity index (χ3v) is 4.99. The zero-order valence-electron chi connectivity index (χ0n) is 14.7. The Labute approximate surface area is 168 Å². The van der Waals surface area contributed by atoms with Crippen LogP contribution in [-0.2, 0) is 0 Å². The van der Waals surface area contributed by atoms with Crippen LogP contribution in [0, 0.1) is 24.0 Å². The molecule has 12 heteroatoms. The van der Waals surface area contributed by atoms with Gasteiger partial charge in [-0.25, -0.2) is 15.0 Å². The van der Waals surface area contributed by atoms with Crippen LogP contribution in [0.3, 0.4) is 0 Å². The molecule has 1 aromatic carbocycles. The molecule has 0 spiro atoms. The third kappa shape index (κ3) is 4.15. The van der Waals surface area contributed by atoms with E-state index in [9.17, 15) is 14.9 Å². The predicted molar refractivity (Wildman–Crippen MR) is 106 cm³/mol. The molecule has 0 saturated carbocycles. The summed E-state index contributed by atoms with van der Waals surface area (Å²) in [5.41, 5.74) is 5.39. The summed E-state index contributed by atoms with van der Waals surface area (Å²) in [5.74, 6) is -0.810. The molecule has 3 rings (SSSR count). The number of nitro groups is 1. The lowest BCUT2D eigenvalue weighted by Gasteiger charge is -2.10. The first-order chi connectivity index (χ1) is 13.4. The summed E-state index contributed by atoms with van der Waals surface area (Å²) in [6.07, 6.45) is 1.13. The van der Waals surface area contributed by atoms with Crippen LogP contribution in [-0.4, -0.2) is 25.8 Å². The molecule has 2 aromatic heterocycles. The van der Waals surface area contributed by atoms with Gasteiger partial charge in [-0.1, -0.05) is 23.7 Å². The summed E-state index contributed by atoms with van der Waals surface area (Å²) < 4.78 is 0. The van der Waals surface area contributed by atoms with Crippen LogP contribution >= 0.6 is 22.9 Å². The monoisotopic (exact) mass is 419 g/mol. The molecule has 0 aliphatic carbocycles. The second-order valence-electron chi connectivity index (χ2n) is 5.52. The van der Waals surface area contributed by atoms with E-state index in [1.165, 1.54) is 17.4 Å². The van der Waals surface area contributed by atoms with E-state index in [1.54, 1.807) is 18.2 Å². The maximum atomic E-state index is 12.2. The number of amides is 1. The van der Waals surface area contributed by atoms with Crippen molar-refractivity contribution in [2.75, 3.05) is 10.7 Å². The zero-order valence-corrected chi connectivity index (χ0v) is 16.3. The van der Waals surface area contributed by atoms with E-state index in [-0.39, 0.29) is 22.2 Å². The van der Waals surface area contributed by atoms with E-state index in [4.69, 9.17) is 11.6 Å². The molecule has 0 unspecified atom stereocenters. The fourth-order valence-corrected chi connectivity index (χ4v) is 3.23. The van der Waals surface area contributed by atoms with E-state index in [1.807, 2.05) is 13.8 Å². The van der Waals surface area contributed by atoms with Gasteiger partial charge in [-0.15, -0.1) is 11.3 Å². The molecule has 1 amide bonds. The smallest absolute Gasteiger partial charge is 0.310 e. The average Bonchev–Trinajstić information content (AvgIpc) is 2.97. The van der Waals surface area contributed by atoms with Crippen LogP contribution in [0.2, 0.25) is 5.02 Å². The SMILES string of the molecule is Cc1nc(Nc2ncnc(NNC(=O)c3ccccc3Cl)c2[N+](=O)[O-])sc1C. The molecule has 3 N–H and O–H groups in total. The molecule has 3 aromatic rings. The molecule has 0 bridgehead atoms. The number of benzene rings is 1. The molecule has 0 fully saturated rings. The number of halogens is 1. The highest BCUT2D eigenvalue weighted by atomic mass is 35.5. The van der Waals surface area contributed by atoms with Crippen molar-refractivity contribution in [2.45, 2.75) is 13.8 Å². The summed E-state index contributed by atoms with van der Waals surface area (Å²) in [6.45, 7) is 3.73. The largest absolute Gasteiger partial charge is 0.355 e. The minimum absolute atomic E-state index is 0.0526. The second kappa shape index (κ2) is 8.15. The van der Waals surface area contributed by atoms with Gasteiger partial charge in [-0.05, 0) is 26.0 Å². The minimum atomic E-state index is -0.653. The van der Waals surface area contributed by atoms with E-state index < -0.39 is 16.5 Å². The molecule has 10 nitrogen and oxygen atoms in total. The topological polar surface area (TPSA) is 135 Å². The van der Waals surface area contributed by atoms with E-state index in [0.29, 0.717) is 5.13 Å². The summed E-state index contributed by atoms with van der Waals surface area (Å²) >= 11 is 7.32. The van der Waals surface area contributed by atoms with Crippen LogP contribution < -0.4 is 16.2 Å². The van der Waals surface area contributed by atoms with Crippen LogP contribution in [0.5, 0.6) is 0 Å². The zero-order chi connectivity index (χ0) is 20.3. The predicted octanol–water partition coefficient (Wildman–Crippen LogP) is 3.61. The lowest BCUT2D eigenvalue weighted by Crippen LogP contribution is -2.30. The number of rotatable bonds is 6. The molecule has 0 aliphatic rings. The number of carbonyl (C=O) groups excluding carboxylic acids is 1. The van der Waals surface area contributed by atoms with Gasteiger partial charge in [0.1, 0.15) is 6.33 Å². The lowest BCUT2D eigenvalue weighted by molar-refractivity contribution is -0.383. The van der Waals surface area contributed by atoms with E-state index in [2.05, 4.69) is 31.1 Å². The van der Waals surface area contributed by atoms with Crippen molar-refractivity contribution in [1.29, 1.82) is 0 Å². The standard InChI is InChI=1S/C16H14ClN7O3S/c1-8-9(2)28-16(20-8)21-13-12(24(26)27)14(19-7-18-13)22-23-15(25)10-5-3-4-6-11(10)17/h3-7H,1-2H3,(H,23,25)(H2,18,19,20,21,22). The fourth-order valence-electron chi connectivity index (χ4n) is 2.19. The molecule has 144 valence electrons. The van der Waals surface area contributed by atoms with Crippen LogP contribution in [0.15, 0.2) is 30.6 Å². The number of nitrogens with zero attached hydrogens (tertiary/aromatic N) is 4. The van der Waals surface area contributed by atoms with Gasteiger partial charge in [0.25, 0.3) is 5.91 Å². The minimum Gasteiger partial charge on any atom is -0.310 e. The Morgan fingerprint density at radius 1 is 1.21 bits per heavy atom. The Morgan fingerprint density at radius 3 is 2.57 bits per heavy atom. The molecule has 0 radical (unpaired) electrons. The second-order valence-corrected chi connectivity index (χ2v) is 7.13. The number of nitrogens with one attached hydrogen (secondary N) is 3. The van der Waals surface area contributed by atoms with Gasteiger partial charge in [0.2, 0.25) is 11.6 Å². The number of carbonyl (C=O) groups is 1. The van der Waals surface area contributed by atoms with Gasteiger partial charge >= 0.3 is 5.69 Å². The Balaban J connectivity index is 1.84. The van der Waals surface area contributed by atoms with Gasteiger partial charge in [-0.3, -0.25) is 25.8 Å². The highest BCUT2D eigenvalue weighted by Crippen LogP contribution is 2.32. The van der Waals surface area contributed by atoms with E-state index >= 15 is 0 Å². The van der Waals surface area contributed by atoms with Crippen molar-refractivity contribution in [3.8, 4) is 0 Å². The van der Waals surface area contributed by atoms with Gasteiger partial charge in [-0.2, -0.15) is 0 Å². The molecular weight excluding hydrogens is 406 g/mol. The highest BCUT2D eigenvalue weighted by Gasteiger charge is 2.24. The number of anilines is 3. The summed E-state index contributed by atoms with van der Waals surface area (Å²) in [7, 11) is 0. The number of hydrogen-bond acceptors (Lipinski definition) is 9. The summed E-state index contributed by atoms with van der Waals surface area (Å²) in [4.78, 5) is 36.2. The van der Waals surface area contributed by atoms with Crippen LogP contribution in [0.25, 0.3) is 0 Å². The Bertz CT molecular complexity index is 1040. The van der Waals surface area contributed by atoms with Crippen molar-refractivity contribution in [3.63, 3.8) is 0 Å². The van der Waals surface area contributed by atoms with Gasteiger partial charge in [0.05, 0.1) is 21.2 Å². The summed E-state index contributed by atoms with van der Waals surface area (Å²) in [6, 6.07) is 6.41. The molecular formula is C16H14ClN7O3S. The number of aryl methyl sites for hydroxylation is 2. The Kier molecular flexibility index (Phi) is 5.66. The number of aromatic nitrogens is 3. The first-order valence-electron chi connectivity index (χ1n) is 7.88. The first-order valence-corrected chi connectivity index (χ1v) is 9.07. The maximum Gasteiger partial charge on any atom is 0.355 e. The van der Waals surface area contributed by atoms with Crippen molar-refractivity contribution in [1.82, 2.24) is 20.4 Å². The molecule has 28 heavy (non-hydrogen) atoms. The van der Waals surface area contributed by atoms with E-state index in [0.717, 1.165) is 16.9 Å². The highest BCUT2D eigenvalue weighted by molar-refractivity contribution is 7.15. The normalized spacial score (nSPS) is 10.4. The van der Waals surface area contributed by atoms with Crippen molar-refractivity contribution >= 4 is 51.3 Å². The molecule has 2 heterocycles. The number of hydrogen-bond donors (Lipinski definition) is 3. The molecule has 0 atom stereocenters. The average molecular weight is 420 g/mol.